The van der Waals surface area contributed by atoms with Crippen LogP contribution in [0.25, 0.3) is 10.8 Å². The van der Waals surface area contributed by atoms with Crippen molar-refractivity contribution in [3.63, 3.8) is 0 Å². The molecule has 0 aromatic heterocycles. The highest BCUT2D eigenvalue weighted by atomic mass is 16.5. The van der Waals surface area contributed by atoms with Crippen LogP contribution in [0.15, 0.2) is 84.9 Å². The molecule has 0 spiro atoms. The number of benzene rings is 4. The van der Waals surface area contributed by atoms with Gasteiger partial charge in [-0.3, -0.25) is 4.79 Å². The number of carbonyl (C=O) groups is 3. The van der Waals surface area contributed by atoms with Crippen molar-refractivity contribution in [2.45, 2.75) is 26.0 Å². The second-order valence-corrected chi connectivity index (χ2v) is 11.4. The molecule has 0 unspecified atom stereocenters. The van der Waals surface area contributed by atoms with Gasteiger partial charge in [0.15, 0.2) is 5.75 Å². The number of amides is 5. The molecule has 0 radical (unpaired) electrons. The number of hydrogen-bond acceptors (Lipinski definition) is 6. The number of fused-ring (bicyclic) bond motifs is 2. The van der Waals surface area contributed by atoms with Gasteiger partial charge >= 0.3 is 12.1 Å². The third kappa shape index (κ3) is 7.16. The van der Waals surface area contributed by atoms with Crippen molar-refractivity contribution in [2.75, 3.05) is 49.8 Å². The predicted octanol–water partition coefficient (Wildman–Crippen LogP) is 5.88. The van der Waals surface area contributed by atoms with Gasteiger partial charge in [0.2, 0.25) is 0 Å². The Balaban J connectivity index is 1.40. The molecule has 11 heteroatoms. The smallest absolute Gasteiger partial charge is 0.323 e. The molecule has 0 aliphatic carbocycles. The molecule has 11 nitrogen and oxygen atoms in total. The van der Waals surface area contributed by atoms with Crippen molar-refractivity contribution < 1.29 is 29.0 Å². The summed E-state index contributed by atoms with van der Waals surface area (Å²) in [6, 6.07) is 24.0. The van der Waals surface area contributed by atoms with E-state index >= 15 is 0 Å². The molecule has 0 saturated carbocycles. The second kappa shape index (κ2) is 14.2. The quantitative estimate of drug-likeness (QED) is 0.194. The minimum absolute atomic E-state index is 0.180. The molecule has 5 rings (SSSR count). The molecule has 0 fully saturated rings. The third-order valence-corrected chi connectivity index (χ3v) is 8.12. The Bertz CT molecular complexity index is 1710. The largest absolute Gasteiger partial charge is 0.497 e. The van der Waals surface area contributed by atoms with E-state index in [4.69, 9.17) is 9.47 Å². The van der Waals surface area contributed by atoms with Gasteiger partial charge in [-0.15, -0.1) is 0 Å². The lowest BCUT2D eigenvalue weighted by Crippen LogP contribution is -2.50. The Morgan fingerprint density at radius 2 is 1.67 bits per heavy atom. The van der Waals surface area contributed by atoms with Crippen molar-refractivity contribution in [1.82, 2.24) is 9.80 Å². The van der Waals surface area contributed by atoms with E-state index in [-0.39, 0.29) is 48.0 Å². The van der Waals surface area contributed by atoms with Gasteiger partial charge in [-0.25, -0.2) is 9.59 Å². The highest BCUT2D eigenvalue weighted by Crippen LogP contribution is 2.35. The number of carbonyl (C=O) groups excluding carboxylic acids is 3. The van der Waals surface area contributed by atoms with Crippen molar-refractivity contribution in [2.24, 2.45) is 5.92 Å². The summed E-state index contributed by atoms with van der Waals surface area (Å²) in [7, 11) is 3.24. The van der Waals surface area contributed by atoms with Gasteiger partial charge in [-0.1, -0.05) is 49.4 Å². The molecule has 240 valence electrons. The summed E-state index contributed by atoms with van der Waals surface area (Å²) in [5.41, 5.74) is 1.76. The summed E-state index contributed by atoms with van der Waals surface area (Å²) in [5.74, 6) is 0.259. The molecule has 1 heterocycles. The van der Waals surface area contributed by atoms with Gasteiger partial charge in [0.05, 0.1) is 43.2 Å². The van der Waals surface area contributed by atoms with Crippen LogP contribution in [0.2, 0.25) is 0 Å². The number of ether oxygens (including phenoxy) is 2. The summed E-state index contributed by atoms with van der Waals surface area (Å²) in [5, 5.41) is 20.5. The molecule has 0 bridgehead atoms. The first-order valence-electron chi connectivity index (χ1n) is 15.1. The maximum Gasteiger partial charge on any atom is 0.323 e. The van der Waals surface area contributed by atoms with Crippen LogP contribution in [0, 0.1) is 5.92 Å². The Morgan fingerprint density at radius 1 is 0.978 bits per heavy atom. The molecule has 0 saturated heterocycles. The number of methoxy groups -OCH3 is 1. The number of aliphatic hydroxyl groups excluding tert-OH is 1. The van der Waals surface area contributed by atoms with E-state index < -0.39 is 18.2 Å². The maximum atomic E-state index is 13.8. The lowest BCUT2D eigenvalue weighted by Gasteiger charge is -2.38. The van der Waals surface area contributed by atoms with Gasteiger partial charge in [-0.2, -0.15) is 0 Å². The molecule has 46 heavy (non-hydrogen) atoms. The van der Waals surface area contributed by atoms with E-state index in [1.54, 1.807) is 68.4 Å². The molecule has 4 N–H and O–H groups in total. The topological polar surface area (TPSA) is 132 Å². The minimum atomic E-state index is -0.573. The van der Waals surface area contributed by atoms with E-state index in [0.29, 0.717) is 23.7 Å². The number of nitrogens with zero attached hydrogens (tertiary/aromatic N) is 2. The van der Waals surface area contributed by atoms with Crippen molar-refractivity contribution in [3.05, 3.63) is 90.5 Å². The minimum Gasteiger partial charge on any atom is -0.497 e. The van der Waals surface area contributed by atoms with E-state index in [2.05, 4.69) is 16.0 Å². The van der Waals surface area contributed by atoms with Gasteiger partial charge in [0.1, 0.15) is 11.9 Å². The zero-order chi connectivity index (χ0) is 32.8. The van der Waals surface area contributed by atoms with Crippen molar-refractivity contribution >= 4 is 45.8 Å². The molecular formula is C35H39N5O6. The number of urea groups is 2. The highest BCUT2D eigenvalue weighted by molar-refractivity contribution is 6.04. The first-order valence-corrected chi connectivity index (χ1v) is 15.1. The van der Waals surface area contributed by atoms with Crippen LogP contribution in [0.1, 0.15) is 24.2 Å². The fourth-order valence-electron chi connectivity index (χ4n) is 5.42. The number of likely N-dealkylation sites (N-methyl/N-ethyl adjacent to an activating group) is 1. The molecule has 4 aromatic carbocycles. The number of hydrogen-bond donors (Lipinski definition) is 4. The molecule has 1 aliphatic heterocycles. The van der Waals surface area contributed by atoms with Crippen LogP contribution in [-0.2, 0) is 0 Å². The highest BCUT2D eigenvalue weighted by Gasteiger charge is 2.35. The SMILES string of the molecule is COc1ccc(NC(=O)Nc2cccc3c2O[C@H](CN(C)C(=O)Nc2cccc4ccccc24)[C@@H](C)CN([C@H](C)CO)C3=O)cc1. The Morgan fingerprint density at radius 3 is 2.41 bits per heavy atom. The lowest BCUT2D eigenvalue weighted by atomic mass is 9.99. The normalized spacial score (nSPS) is 16.7. The zero-order valence-electron chi connectivity index (χ0n) is 26.3. The van der Waals surface area contributed by atoms with Crippen LogP contribution in [0.5, 0.6) is 11.5 Å². The van der Waals surface area contributed by atoms with Gasteiger partial charge in [0, 0.05) is 30.6 Å². The van der Waals surface area contributed by atoms with Crippen LogP contribution in [-0.4, -0.2) is 78.9 Å². The van der Waals surface area contributed by atoms with E-state index in [1.165, 1.54) is 4.90 Å². The van der Waals surface area contributed by atoms with Gasteiger partial charge < -0.3 is 40.3 Å². The van der Waals surface area contributed by atoms with Crippen molar-refractivity contribution in [1.29, 1.82) is 0 Å². The molecular weight excluding hydrogens is 586 g/mol. The number of para-hydroxylation sites is 1. The number of rotatable bonds is 8. The Kier molecular flexibility index (Phi) is 9.92. The predicted molar refractivity (Wildman–Crippen MR) is 179 cm³/mol. The summed E-state index contributed by atoms with van der Waals surface area (Å²) in [6.07, 6.45) is -0.573. The lowest BCUT2D eigenvalue weighted by molar-refractivity contribution is 0.0373. The summed E-state index contributed by atoms with van der Waals surface area (Å²) in [6.45, 7) is 3.95. The number of aliphatic hydroxyl groups is 1. The second-order valence-electron chi connectivity index (χ2n) is 11.4. The monoisotopic (exact) mass is 625 g/mol. The fraction of sp³-hybridized carbons (Fsp3) is 0.286. The molecule has 4 aromatic rings. The third-order valence-electron chi connectivity index (χ3n) is 8.12. The van der Waals surface area contributed by atoms with Crippen LogP contribution in [0.3, 0.4) is 0 Å². The first-order chi connectivity index (χ1) is 22.2. The summed E-state index contributed by atoms with van der Waals surface area (Å²) >= 11 is 0. The zero-order valence-corrected chi connectivity index (χ0v) is 26.3. The van der Waals surface area contributed by atoms with E-state index in [1.807, 2.05) is 49.4 Å². The first kappa shape index (κ1) is 32.1. The molecule has 5 amide bonds. The van der Waals surface area contributed by atoms with E-state index in [0.717, 1.165) is 10.8 Å². The fourth-order valence-corrected chi connectivity index (χ4v) is 5.42. The maximum absolute atomic E-state index is 13.8. The molecule has 3 atom stereocenters. The standard InChI is InChI=1S/C35H39N5O6/c1-22-19-40(23(2)21-41)33(42)28-12-8-14-30(37-34(43)36-25-15-17-26(45-4)18-16-25)32(28)46-31(22)20-39(3)35(44)38-29-13-7-10-24-9-5-6-11-27(24)29/h5-18,22-23,31,41H,19-21H2,1-4H3,(H,38,44)(H2,36,37,43)/t22-,23+,31+/m0/s1. The Labute approximate surface area is 268 Å². The van der Waals surface area contributed by atoms with Crippen LogP contribution < -0.4 is 25.4 Å². The number of anilines is 3. The van der Waals surface area contributed by atoms with E-state index in [9.17, 15) is 19.5 Å². The Hall–Kier alpha value is -5.29. The van der Waals surface area contributed by atoms with Gasteiger partial charge in [-0.05, 0) is 54.8 Å². The van der Waals surface area contributed by atoms with Gasteiger partial charge in [0.25, 0.3) is 5.91 Å². The average molecular weight is 626 g/mol. The molecule has 1 aliphatic rings. The summed E-state index contributed by atoms with van der Waals surface area (Å²) in [4.78, 5) is 43.4. The average Bonchev–Trinajstić information content (AvgIpc) is 3.06. The van der Waals surface area contributed by atoms with Crippen LogP contribution in [0.4, 0.5) is 26.7 Å². The number of nitrogens with one attached hydrogen (secondary N) is 3. The van der Waals surface area contributed by atoms with Crippen molar-refractivity contribution in [3.8, 4) is 11.5 Å². The summed E-state index contributed by atoms with van der Waals surface area (Å²) < 4.78 is 11.7. The van der Waals surface area contributed by atoms with Crippen LogP contribution >= 0.6 is 0 Å².